The van der Waals surface area contributed by atoms with E-state index in [1.165, 1.54) is 11.1 Å². The monoisotopic (exact) mass is 441 g/mol. The van der Waals surface area contributed by atoms with E-state index in [0.717, 1.165) is 35.4 Å². The smallest absolute Gasteiger partial charge is 0.274 e. The molecule has 0 unspecified atom stereocenters. The van der Waals surface area contributed by atoms with Crippen molar-refractivity contribution in [3.8, 4) is 0 Å². The van der Waals surface area contributed by atoms with Gasteiger partial charge in [-0.15, -0.1) is 0 Å². The predicted molar refractivity (Wildman–Crippen MR) is 131 cm³/mol. The molecule has 0 saturated carbocycles. The molecule has 0 aliphatic rings. The van der Waals surface area contributed by atoms with Crippen LogP contribution in [-0.2, 0) is 19.5 Å². The van der Waals surface area contributed by atoms with Crippen LogP contribution in [0.4, 0.5) is 0 Å². The van der Waals surface area contributed by atoms with Gasteiger partial charge in [-0.2, -0.15) is 0 Å². The van der Waals surface area contributed by atoms with Gasteiger partial charge in [0, 0.05) is 45.3 Å². The summed E-state index contributed by atoms with van der Waals surface area (Å²) in [7, 11) is 3.93. The summed E-state index contributed by atoms with van der Waals surface area (Å²) in [5.41, 5.74) is 6.94. The Bertz CT molecular complexity index is 1250. The summed E-state index contributed by atoms with van der Waals surface area (Å²) in [5, 5.41) is 0. The standard InChI is InChI=1S/C27H31N5O/c1-20-9-8-15-32-24(19-30(3)18-23-12-14-28-17-21(23)2)25(29-26(20)32)27(33)31(4)16-13-22-10-6-5-7-11-22/h5-12,14-15,17H,13,16,18-19H2,1-4H3. The zero-order valence-corrected chi connectivity index (χ0v) is 19.8. The number of carbonyl (C=O) groups excluding carboxylic acids is 1. The highest BCUT2D eigenvalue weighted by Gasteiger charge is 2.23. The van der Waals surface area contributed by atoms with Gasteiger partial charge in [0.05, 0.1) is 5.69 Å². The lowest BCUT2D eigenvalue weighted by Crippen LogP contribution is -2.31. The number of rotatable bonds is 8. The summed E-state index contributed by atoms with van der Waals surface area (Å²) in [6.07, 6.45) is 6.52. The molecule has 4 aromatic rings. The molecule has 1 aromatic carbocycles. The van der Waals surface area contributed by atoms with E-state index >= 15 is 0 Å². The van der Waals surface area contributed by atoms with E-state index in [0.29, 0.717) is 18.8 Å². The fourth-order valence-electron chi connectivity index (χ4n) is 4.08. The van der Waals surface area contributed by atoms with Crippen LogP contribution >= 0.6 is 0 Å². The van der Waals surface area contributed by atoms with Crippen molar-refractivity contribution in [1.82, 2.24) is 24.2 Å². The Morgan fingerprint density at radius 2 is 1.76 bits per heavy atom. The first-order valence-electron chi connectivity index (χ1n) is 11.3. The Hall–Kier alpha value is -3.51. The van der Waals surface area contributed by atoms with E-state index < -0.39 is 0 Å². The van der Waals surface area contributed by atoms with Gasteiger partial charge < -0.3 is 9.30 Å². The van der Waals surface area contributed by atoms with Crippen molar-refractivity contribution < 1.29 is 4.79 Å². The molecule has 6 heteroatoms. The van der Waals surface area contributed by atoms with E-state index in [1.807, 2.05) is 69.0 Å². The van der Waals surface area contributed by atoms with Crippen LogP contribution in [-0.4, -0.2) is 50.7 Å². The molecule has 0 saturated heterocycles. The molecule has 1 amide bonds. The maximum Gasteiger partial charge on any atom is 0.274 e. The highest BCUT2D eigenvalue weighted by molar-refractivity contribution is 5.94. The number of nitrogens with zero attached hydrogens (tertiary/aromatic N) is 5. The molecule has 0 bridgehead atoms. The van der Waals surface area contributed by atoms with Gasteiger partial charge in [-0.25, -0.2) is 4.98 Å². The molecule has 0 spiro atoms. The van der Waals surface area contributed by atoms with Crippen molar-refractivity contribution in [2.45, 2.75) is 33.4 Å². The highest BCUT2D eigenvalue weighted by Crippen LogP contribution is 2.20. The molecule has 0 radical (unpaired) electrons. The molecule has 3 heterocycles. The minimum Gasteiger partial charge on any atom is -0.340 e. The van der Waals surface area contributed by atoms with Crippen LogP contribution < -0.4 is 0 Å². The number of hydrogen-bond donors (Lipinski definition) is 0. The highest BCUT2D eigenvalue weighted by atomic mass is 16.2. The molecule has 0 N–H and O–H groups in total. The predicted octanol–water partition coefficient (Wildman–Crippen LogP) is 4.29. The van der Waals surface area contributed by atoms with Crippen LogP contribution in [0, 0.1) is 13.8 Å². The first-order chi connectivity index (χ1) is 15.9. The lowest BCUT2D eigenvalue weighted by Gasteiger charge is -2.20. The van der Waals surface area contributed by atoms with Crippen LogP contribution in [0.3, 0.4) is 0 Å². The van der Waals surface area contributed by atoms with Crippen molar-refractivity contribution in [1.29, 1.82) is 0 Å². The Labute approximate surface area is 195 Å². The molecule has 6 nitrogen and oxygen atoms in total. The second-order valence-corrected chi connectivity index (χ2v) is 8.73. The fourth-order valence-corrected chi connectivity index (χ4v) is 4.08. The van der Waals surface area contributed by atoms with Gasteiger partial charge in [0.1, 0.15) is 5.65 Å². The molecule has 0 aliphatic carbocycles. The summed E-state index contributed by atoms with van der Waals surface area (Å²) in [5.74, 6) is -0.0440. The first kappa shape index (κ1) is 22.7. The molecular formula is C27H31N5O. The normalized spacial score (nSPS) is 11.3. The minimum absolute atomic E-state index is 0.0440. The number of likely N-dealkylation sites (N-methyl/N-ethyl adjacent to an activating group) is 1. The van der Waals surface area contributed by atoms with Crippen molar-refractivity contribution in [3.63, 3.8) is 0 Å². The van der Waals surface area contributed by atoms with E-state index in [-0.39, 0.29) is 5.91 Å². The Kier molecular flexibility index (Phi) is 6.84. The maximum atomic E-state index is 13.5. The summed E-state index contributed by atoms with van der Waals surface area (Å²) in [6, 6.07) is 16.3. The zero-order valence-electron chi connectivity index (χ0n) is 19.8. The largest absolute Gasteiger partial charge is 0.340 e. The third kappa shape index (κ3) is 5.12. The SMILES string of the molecule is Cc1cnccc1CN(C)Cc1c(C(=O)N(C)CCc2ccccc2)nc2c(C)cccn12. The third-order valence-corrected chi connectivity index (χ3v) is 6.07. The Morgan fingerprint density at radius 3 is 2.52 bits per heavy atom. The van der Waals surface area contributed by atoms with Gasteiger partial charge in [-0.05, 0) is 61.7 Å². The molecular weight excluding hydrogens is 410 g/mol. The van der Waals surface area contributed by atoms with E-state index in [1.54, 1.807) is 4.90 Å². The quantitative estimate of drug-likeness (QED) is 0.409. The molecule has 33 heavy (non-hydrogen) atoms. The number of fused-ring (bicyclic) bond motifs is 1. The third-order valence-electron chi connectivity index (χ3n) is 6.07. The molecule has 4 rings (SSSR count). The van der Waals surface area contributed by atoms with Gasteiger partial charge in [0.15, 0.2) is 5.69 Å². The van der Waals surface area contributed by atoms with Crippen LogP contribution in [0.15, 0.2) is 67.1 Å². The number of aryl methyl sites for hydroxylation is 2. The minimum atomic E-state index is -0.0440. The number of imidazole rings is 1. The number of pyridine rings is 2. The molecule has 170 valence electrons. The van der Waals surface area contributed by atoms with Crippen molar-refractivity contribution in [3.05, 3.63) is 101 Å². The first-order valence-corrected chi connectivity index (χ1v) is 11.3. The van der Waals surface area contributed by atoms with Gasteiger partial charge in [-0.3, -0.25) is 14.7 Å². The molecule has 3 aromatic heterocycles. The Morgan fingerprint density at radius 1 is 0.970 bits per heavy atom. The van der Waals surface area contributed by atoms with Crippen LogP contribution in [0.25, 0.3) is 5.65 Å². The molecule has 0 fully saturated rings. The van der Waals surface area contributed by atoms with Gasteiger partial charge >= 0.3 is 0 Å². The number of carbonyl (C=O) groups is 1. The zero-order chi connectivity index (χ0) is 23.4. The second kappa shape index (κ2) is 9.96. The summed E-state index contributed by atoms with van der Waals surface area (Å²) in [4.78, 5) is 26.5. The number of amides is 1. The van der Waals surface area contributed by atoms with E-state index in [2.05, 4.69) is 40.4 Å². The lowest BCUT2D eigenvalue weighted by molar-refractivity contribution is 0.0789. The van der Waals surface area contributed by atoms with Gasteiger partial charge in [0.25, 0.3) is 5.91 Å². The average Bonchev–Trinajstić information content (AvgIpc) is 3.18. The number of hydrogen-bond acceptors (Lipinski definition) is 4. The van der Waals surface area contributed by atoms with Crippen molar-refractivity contribution in [2.24, 2.45) is 0 Å². The van der Waals surface area contributed by atoms with Crippen LogP contribution in [0.2, 0.25) is 0 Å². The summed E-state index contributed by atoms with van der Waals surface area (Å²) in [6.45, 7) is 6.12. The van der Waals surface area contributed by atoms with Crippen molar-refractivity contribution in [2.75, 3.05) is 20.6 Å². The lowest BCUT2D eigenvalue weighted by atomic mass is 10.1. The van der Waals surface area contributed by atoms with E-state index in [9.17, 15) is 4.79 Å². The number of aromatic nitrogens is 3. The number of benzene rings is 1. The molecule has 0 atom stereocenters. The summed E-state index contributed by atoms with van der Waals surface area (Å²) >= 11 is 0. The van der Waals surface area contributed by atoms with Crippen LogP contribution in [0.5, 0.6) is 0 Å². The van der Waals surface area contributed by atoms with Crippen molar-refractivity contribution >= 4 is 11.6 Å². The maximum absolute atomic E-state index is 13.5. The molecule has 0 aliphatic heterocycles. The summed E-state index contributed by atoms with van der Waals surface area (Å²) < 4.78 is 2.06. The fraction of sp³-hybridized carbons (Fsp3) is 0.296. The second-order valence-electron chi connectivity index (χ2n) is 8.73. The van der Waals surface area contributed by atoms with Gasteiger partial charge in [0.2, 0.25) is 0 Å². The van der Waals surface area contributed by atoms with E-state index in [4.69, 9.17) is 4.98 Å². The average molecular weight is 442 g/mol. The van der Waals surface area contributed by atoms with Crippen LogP contribution in [0.1, 0.15) is 38.4 Å². The topological polar surface area (TPSA) is 53.7 Å². The Balaban J connectivity index is 1.59. The van der Waals surface area contributed by atoms with Gasteiger partial charge in [-0.1, -0.05) is 36.4 Å².